The Bertz CT molecular complexity index is 774. The minimum atomic E-state index is -4.05. The Morgan fingerprint density at radius 3 is 2.67 bits per heavy atom. The van der Waals surface area contributed by atoms with Crippen molar-refractivity contribution >= 4 is 49.7 Å². The fraction of sp³-hybridized carbons (Fsp3) is 0.385. The molecule has 0 saturated carbocycles. The molecule has 0 aliphatic carbocycles. The van der Waals surface area contributed by atoms with Crippen LogP contribution >= 0.6 is 23.1 Å². The van der Waals surface area contributed by atoms with Crippen LogP contribution in [0.5, 0.6) is 0 Å². The first-order valence-corrected chi connectivity index (χ1v) is 10.5. The van der Waals surface area contributed by atoms with Crippen LogP contribution in [0.3, 0.4) is 0 Å². The van der Waals surface area contributed by atoms with Crippen LogP contribution in [0, 0.1) is 0 Å². The van der Waals surface area contributed by atoms with Crippen molar-refractivity contribution in [2.45, 2.75) is 24.1 Å². The van der Waals surface area contributed by atoms with E-state index in [0.29, 0.717) is 16.5 Å². The highest BCUT2D eigenvalue weighted by molar-refractivity contribution is 8.01. The number of hydrogen-bond acceptors (Lipinski definition) is 9. The Hall–Kier alpha value is -1.56. The van der Waals surface area contributed by atoms with Crippen LogP contribution in [0.15, 0.2) is 38.8 Å². The highest BCUT2D eigenvalue weighted by Gasteiger charge is 2.04. The van der Waals surface area contributed by atoms with E-state index in [1.54, 1.807) is 36.0 Å². The summed E-state index contributed by atoms with van der Waals surface area (Å²) in [5.74, 6) is 0.470. The van der Waals surface area contributed by atoms with Gasteiger partial charge in [0.2, 0.25) is 0 Å². The quantitative estimate of drug-likeness (QED) is 0.288. The van der Waals surface area contributed by atoms with Crippen LogP contribution in [0.25, 0.3) is 0 Å². The molecule has 0 amide bonds. The Morgan fingerprint density at radius 1 is 1.25 bits per heavy atom. The number of anilines is 1. The van der Waals surface area contributed by atoms with E-state index in [4.69, 9.17) is 4.55 Å². The second-order valence-corrected chi connectivity index (χ2v) is 8.45. The van der Waals surface area contributed by atoms with Crippen molar-refractivity contribution in [1.29, 1.82) is 0 Å². The average molecular weight is 388 g/mol. The first-order valence-electron chi connectivity index (χ1n) is 7.13. The fourth-order valence-corrected chi connectivity index (χ4v) is 3.69. The van der Waals surface area contributed by atoms with Crippen LogP contribution in [-0.4, -0.2) is 34.8 Å². The molecule has 0 unspecified atom stereocenters. The van der Waals surface area contributed by atoms with E-state index < -0.39 is 16.0 Å². The number of aromatic nitrogens is 2. The zero-order valence-electron chi connectivity index (χ0n) is 12.9. The van der Waals surface area contributed by atoms with Gasteiger partial charge in [-0.25, -0.2) is 0 Å². The number of thioether (sulfide) groups is 1. The molecule has 0 aliphatic rings. The summed E-state index contributed by atoms with van der Waals surface area (Å²) in [5.41, 5.74) is 1.15. The summed E-state index contributed by atoms with van der Waals surface area (Å²) in [4.78, 5) is 0. The summed E-state index contributed by atoms with van der Waals surface area (Å²) in [7, 11) is -4.05. The molecule has 1 heterocycles. The Kier molecular flexibility index (Phi) is 7.09. The number of unbranched alkanes of at least 4 members (excludes halogenated alkanes) is 1. The molecule has 2 N–H and O–H groups in total. The molecule has 24 heavy (non-hydrogen) atoms. The number of nitrogens with one attached hydrogen (secondary N) is 1. The van der Waals surface area contributed by atoms with Gasteiger partial charge in [-0.2, -0.15) is 8.42 Å². The molecule has 2 rings (SSSR count). The maximum absolute atomic E-state index is 10.7. The predicted molar refractivity (Wildman–Crippen MR) is 96.2 cm³/mol. The molecule has 8 nitrogen and oxygen atoms in total. The lowest BCUT2D eigenvalue weighted by Gasteiger charge is -2.03. The molecular weight excluding hydrogens is 370 g/mol. The van der Waals surface area contributed by atoms with E-state index in [1.807, 2.05) is 0 Å². The van der Waals surface area contributed by atoms with Gasteiger partial charge in [0.25, 0.3) is 15.2 Å². The van der Waals surface area contributed by atoms with Crippen molar-refractivity contribution in [3.8, 4) is 0 Å². The lowest BCUT2D eigenvalue weighted by atomic mass is 10.3. The van der Waals surface area contributed by atoms with Crippen LogP contribution in [0.4, 0.5) is 16.5 Å². The van der Waals surface area contributed by atoms with Crippen molar-refractivity contribution in [3.05, 3.63) is 24.3 Å². The van der Waals surface area contributed by atoms with Crippen LogP contribution in [-0.2, 0) is 10.1 Å². The van der Waals surface area contributed by atoms with Crippen molar-refractivity contribution in [2.75, 3.05) is 16.9 Å². The average Bonchev–Trinajstić information content (AvgIpc) is 2.99. The van der Waals surface area contributed by atoms with E-state index in [9.17, 15) is 8.42 Å². The van der Waals surface area contributed by atoms with E-state index in [2.05, 4.69) is 32.7 Å². The summed E-state index contributed by atoms with van der Waals surface area (Å²) in [5, 5.41) is 19.2. The van der Waals surface area contributed by atoms with Gasteiger partial charge in [0.15, 0.2) is 4.34 Å². The second kappa shape index (κ2) is 9.06. The van der Waals surface area contributed by atoms with Crippen molar-refractivity contribution in [3.63, 3.8) is 0 Å². The normalized spacial score (nSPS) is 11.9. The van der Waals surface area contributed by atoms with Gasteiger partial charge in [-0.05, 0) is 30.7 Å². The molecule has 0 saturated heterocycles. The molecule has 2 aromatic rings. The largest absolute Gasteiger partial charge is 0.370 e. The van der Waals surface area contributed by atoms with Gasteiger partial charge in [0.05, 0.1) is 5.69 Å². The summed E-state index contributed by atoms with van der Waals surface area (Å²) in [6.45, 7) is 2.14. The molecule has 1 aromatic heterocycles. The number of benzene rings is 1. The van der Waals surface area contributed by atoms with Crippen molar-refractivity contribution < 1.29 is 13.0 Å². The van der Waals surface area contributed by atoms with Gasteiger partial charge in [0, 0.05) is 11.4 Å². The second-order valence-electron chi connectivity index (χ2n) is 4.70. The zero-order valence-corrected chi connectivity index (χ0v) is 15.4. The number of nitrogens with zero attached hydrogens (tertiary/aromatic N) is 4. The van der Waals surface area contributed by atoms with E-state index in [1.165, 1.54) is 11.3 Å². The van der Waals surface area contributed by atoms with E-state index in [-0.39, 0.29) is 0 Å². The molecule has 0 aliphatic heterocycles. The summed E-state index contributed by atoms with van der Waals surface area (Å²) in [6, 6.07) is 6.64. The van der Waals surface area contributed by atoms with Crippen LogP contribution < -0.4 is 5.32 Å². The number of hydrogen-bond donors (Lipinski definition) is 2. The Balaban J connectivity index is 1.90. The van der Waals surface area contributed by atoms with Crippen molar-refractivity contribution in [1.82, 2.24) is 10.2 Å². The first kappa shape index (κ1) is 18.8. The number of azo groups is 1. The van der Waals surface area contributed by atoms with Crippen LogP contribution in [0.1, 0.15) is 19.8 Å². The lowest BCUT2D eigenvalue weighted by Crippen LogP contribution is -2.12. The Morgan fingerprint density at radius 2 is 2.00 bits per heavy atom. The van der Waals surface area contributed by atoms with Gasteiger partial charge in [0.1, 0.15) is 5.88 Å². The topological polar surface area (TPSA) is 117 Å². The minimum absolute atomic E-state index is 0.488. The molecule has 130 valence electrons. The highest BCUT2D eigenvalue weighted by atomic mass is 32.2. The molecular formula is C13H17N5O3S3. The standard InChI is InChI=1S/C13H17N5O3S3/c1-2-3-8-22-13-18-17-12(23-13)16-15-11-6-4-10(5-7-11)14-9-24(19,20)21/h4-7,14H,2-3,8-9H2,1H3,(H,19,20,21)/b16-15+. The fourth-order valence-electron chi connectivity index (χ4n) is 1.53. The lowest BCUT2D eigenvalue weighted by molar-refractivity contribution is 0.485. The Labute approximate surface area is 148 Å². The number of rotatable bonds is 9. The maximum atomic E-state index is 10.7. The van der Waals surface area contributed by atoms with Crippen LogP contribution in [0.2, 0.25) is 0 Å². The third-order valence-electron chi connectivity index (χ3n) is 2.70. The molecule has 11 heteroatoms. The molecule has 0 fully saturated rings. The molecule has 0 bridgehead atoms. The summed E-state index contributed by atoms with van der Waals surface area (Å²) in [6.07, 6.45) is 2.28. The minimum Gasteiger partial charge on any atom is -0.370 e. The molecule has 0 radical (unpaired) electrons. The highest BCUT2D eigenvalue weighted by Crippen LogP contribution is 2.29. The van der Waals surface area contributed by atoms with E-state index >= 15 is 0 Å². The zero-order chi connectivity index (χ0) is 17.4. The van der Waals surface area contributed by atoms with Gasteiger partial charge >= 0.3 is 0 Å². The monoisotopic (exact) mass is 387 g/mol. The predicted octanol–water partition coefficient (Wildman–Crippen LogP) is 4.10. The van der Waals surface area contributed by atoms with Crippen molar-refractivity contribution in [2.24, 2.45) is 10.2 Å². The van der Waals surface area contributed by atoms with E-state index in [0.717, 1.165) is 22.9 Å². The molecule has 0 spiro atoms. The summed E-state index contributed by atoms with van der Waals surface area (Å²) < 4.78 is 30.9. The third kappa shape index (κ3) is 6.91. The van der Waals surface area contributed by atoms with Gasteiger partial charge in [-0.1, -0.05) is 36.4 Å². The molecule has 0 atom stereocenters. The first-order chi connectivity index (χ1) is 11.5. The third-order valence-corrected chi connectivity index (χ3v) is 5.23. The smallest absolute Gasteiger partial charge is 0.283 e. The van der Waals surface area contributed by atoms with Gasteiger partial charge in [-0.3, -0.25) is 4.55 Å². The molecule has 1 aromatic carbocycles. The van der Waals surface area contributed by atoms with Gasteiger partial charge < -0.3 is 5.32 Å². The summed E-state index contributed by atoms with van der Waals surface area (Å²) >= 11 is 3.05. The maximum Gasteiger partial charge on any atom is 0.283 e. The van der Waals surface area contributed by atoms with Gasteiger partial charge in [-0.15, -0.1) is 20.4 Å². The SMILES string of the molecule is CCCCSc1nnc(/N=N/c2ccc(NCS(=O)(=O)O)cc2)s1.